The van der Waals surface area contributed by atoms with Crippen molar-refractivity contribution < 1.29 is 0 Å². The average Bonchev–Trinajstić information content (AvgIpc) is 2.49. The van der Waals surface area contributed by atoms with Crippen molar-refractivity contribution in [2.75, 3.05) is 0 Å². The minimum Gasteiger partial charge on any atom is -0.377 e. The number of H-pyrrole nitrogens is 1. The van der Waals surface area contributed by atoms with E-state index in [0.29, 0.717) is 5.65 Å². The van der Waals surface area contributed by atoms with Crippen molar-refractivity contribution in [3.05, 3.63) is 18.9 Å². The van der Waals surface area contributed by atoms with Crippen LogP contribution in [0.2, 0.25) is 0 Å². The van der Waals surface area contributed by atoms with Crippen LogP contribution >= 0.6 is 12.2 Å². The lowest BCUT2D eigenvalue weighted by atomic mass is 10.6. The first-order valence-corrected chi connectivity index (χ1v) is 3.75. The molecular weight excluding hydrogens is 188 g/mol. The maximum absolute atomic E-state index is 4.62. The number of hydrogen-bond acceptors (Lipinski definition) is 4. The number of imidazole rings is 1. The molecule has 2 aromatic rings. The highest BCUT2D eigenvalue weighted by molar-refractivity contribution is 7.80. The predicted octanol–water partition coefficient (Wildman–Crippen LogP) is -0.458. The van der Waals surface area contributed by atoms with Crippen molar-refractivity contribution >= 4 is 28.5 Å². The molecule has 0 aromatic carbocycles. The fraction of sp³-hybridized carbons (Fsp3) is 0. The van der Waals surface area contributed by atoms with Crippen molar-refractivity contribution in [2.45, 2.75) is 0 Å². The number of rotatable bonds is 0. The molecule has 0 fully saturated rings. The monoisotopic (exact) mass is 196 g/mol. The highest BCUT2D eigenvalue weighted by Crippen LogP contribution is 1.99. The Balaban J connectivity index is 0.000000184. The molecule has 0 bridgehead atoms. The standard InChI is InChI=1S/C5H4N4.CH4N2S/c1-4-5(8-2-6-1)9-3-7-4;2-1(3)4/h1-3H,(H,6,7,8,9);(H4,2,3,4). The molecule has 0 aliphatic carbocycles. The van der Waals surface area contributed by atoms with Crippen molar-refractivity contribution in [1.82, 2.24) is 19.9 Å². The average molecular weight is 196 g/mol. The largest absolute Gasteiger partial charge is 0.377 e. The van der Waals surface area contributed by atoms with Gasteiger partial charge in [0.25, 0.3) is 0 Å². The Morgan fingerprint density at radius 1 is 1.38 bits per heavy atom. The molecule has 0 saturated heterocycles. The SMILES string of the molecule is NC(N)=S.c1ncc2[nH]cnc2n1. The van der Waals surface area contributed by atoms with Gasteiger partial charge in [0.1, 0.15) is 11.8 Å². The maximum atomic E-state index is 4.62. The van der Waals surface area contributed by atoms with Gasteiger partial charge in [0.15, 0.2) is 10.8 Å². The third-order valence-corrected chi connectivity index (χ3v) is 1.10. The molecule has 0 spiro atoms. The molecule has 0 aliphatic rings. The van der Waals surface area contributed by atoms with Crippen LogP contribution in [0, 0.1) is 0 Å². The first-order chi connectivity index (χ1) is 6.20. The number of thiocarbonyl (C=S) groups is 1. The normalized spacial score (nSPS) is 8.92. The Morgan fingerprint density at radius 3 is 2.69 bits per heavy atom. The number of aromatic nitrogens is 4. The van der Waals surface area contributed by atoms with Crippen molar-refractivity contribution in [3.63, 3.8) is 0 Å². The fourth-order valence-electron chi connectivity index (χ4n) is 0.691. The van der Waals surface area contributed by atoms with Gasteiger partial charge in [-0.1, -0.05) is 0 Å². The first-order valence-electron chi connectivity index (χ1n) is 3.34. The minimum absolute atomic E-state index is 0.000000000000000222. The molecule has 0 unspecified atom stereocenters. The Hall–Kier alpha value is -1.76. The topological polar surface area (TPSA) is 106 Å². The number of nitrogens with one attached hydrogen (secondary N) is 1. The molecule has 5 N–H and O–H groups in total. The zero-order valence-corrected chi connectivity index (χ0v) is 7.45. The molecule has 6 nitrogen and oxygen atoms in total. The third kappa shape index (κ3) is 2.99. The molecule has 0 amide bonds. The summed E-state index contributed by atoms with van der Waals surface area (Å²) in [6.45, 7) is 0. The summed E-state index contributed by atoms with van der Waals surface area (Å²) in [7, 11) is 0. The predicted molar refractivity (Wildman–Crippen MR) is 52.7 cm³/mol. The highest BCUT2D eigenvalue weighted by atomic mass is 32.1. The molecule has 0 radical (unpaired) electrons. The van der Waals surface area contributed by atoms with E-state index in [1.54, 1.807) is 12.5 Å². The lowest BCUT2D eigenvalue weighted by Gasteiger charge is -1.80. The number of hydrogen-bond donors (Lipinski definition) is 3. The fourth-order valence-corrected chi connectivity index (χ4v) is 0.691. The second-order valence-corrected chi connectivity index (χ2v) is 2.54. The van der Waals surface area contributed by atoms with Crippen molar-refractivity contribution in [2.24, 2.45) is 11.5 Å². The third-order valence-electron chi connectivity index (χ3n) is 1.10. The number of fused-ring (bicyclic) bond motifs is 1. The van der Waals surface area contributed by atoms with E-state index in [9.17, 15) is 0 Å². The lowest BCUT2D eigenvalue weighted by molar-refractivity contribution is 1.20. The van der Waals surface area contributed by atoms with Crippen LogP contribution in [0.4, 0.5) is 0 Å². The number of nitrogens with zero attached hydrogens (tertiary/aromatic N) is 3. The van der Waals surface area contributed by atoms with Gasteiger partial charge in [0.05, 0.1) is 12.5 Å². The summed E-state index contributed by atoms with van der Waals surface area (Å²) in [5.74, 6) is 0. The van der Waals surface area contributed by atoms with Gasteiger partial charge in [-0.05, 0) is 12.2 Å². The Labute approximate surface area is 79.4 Å². The molecule has 0 atom stereocenters. The second-order valence-electron chi connectivity index (χ2n) is 2.06. The first kappa shape index (κ1) is 9.33. The molecule has 68 valence electrons. The van der Waals surface area contributed by atoms with Crippen molar-refractivity contribution in [1.29, 1.82) is 0 Å². The summed E-state index contributed by atoms with van der Waals surface area (Å²) in [4.78, 5) is 14.5. The summed E-state index contributed by atoms with van der Waals surface area (Å²) in [5.41, 5.74) is 10.8. The van der Waals surface area contributed by atoms with E-state index in [0.717, 1.165) is 5.52 Å². The van der Waals surface area contributed by atoms with Gasteiger partial charge < -0.3 is 16.5 Å². The van der Waals surface area contributed by atoms with E-state index in [-0.39, 0.29) is 5.11 Å². The Kier molecular flexibility index (Phi) is 3.09. The van der Waals surface area contributed by atoms with E-state index in [4.69, 9.17) is 0 Å². The highest BCUT2D eigenvalue weighted by Gasteiger charge is 1.91. The van der Waals surface area contributed by atoms with Gasteiger partial charge >= 0.3 is 0 Å². The van der Waals surface area contributed by atoms with Crippen LogP contribution in [-0.4, -0.2) is 25.0 Å². The van der Waals surface area contributed by atoms with E-state index in [1.807, 2.05) is 0 Å². The van der Waals surface area contributed by atoms with Crippen LogP contribution in [-0.2, 0) is 0 Å². The molecule has 13 heavy (non-hydrogen) atoms. The number of nitrogens with two attached hydrogens (primary N) is 2. The van der Waals surface area contributed by atoms with Crippen LogP contribution in [0.3, 0.4) is 0 Å². The van der Waals surface area contributed by atoms with Crippen LogP contribution in [0.15, 0.2) is 18.9 Å². The molecule has 0 saturated carbocycles. The van der Waals surface area contributed by atoms with E-state index < -0.39 is 0 Å². The maximum Gasteiger partial charge on any atom is 0.180 e. The van der Waals surface area contributed by atoms with Gasteiger partial charge in [-0.25, -0.2) is 15.0 Å². The molecule has 2 aromatic heterocycles. The Bertz CT molecular complexity index is 362. The van der Waals surface area contributed by atoms with Crippen LogP contribution in [0.5, 0.6) is 0 Å². The van der Waals surface area contributed by atoms with Crippen LogP contribution in [0.25, 0.3) is 11.2 Å². The lowest BCUT2D eigenvalue weighted by Crippen LogP contribution is -2.18. The van der Waals surface area contributed by atoms with Gasteiger partial charge in [-0.2, -0.15) is 0 Å². The summed E-state index contributed by atoms with van der Waals surface area (Å²) in [6, 6.07) is 0. The van der Waals surface area contributed by atoms with E-state index in [2.05, 4.69) is 43.6 Å². The minimum atomic E-state index is 0.000000000000000222. The molecular formula is C6H8N6S. The van der Waals surface area contributed by atoms with Gasteiger partial charge in [0.2, 0.25) is 0 Å². The molecule has 0 aliphatic heterocycles. The molecule has 7 heteroatoms. The quantitative estimate of drug-likeness (QED) is 0.492. The summed E-state index contributed by atoms with van der Waals surface area (Å²) < 4.78 is 0. The molecule has 2 heterocycles. The summed E-state index contributed by atoms with van der Waals surface area (Å²) >= 11 is 4.09. The van der Waals surface area contributed by atoms with Gasteiger partial charge in [0, 0.05) is 0 Å². The Morgan fingerprint density at radius 2 is 2.08 bits per heavy atom. The van der Waals surface area contributed by atoms with Crippen LogP contribution in [0.1, 0.15) is 0 Å². The molecule has 2 rings (SSSR count). The smallest absolute Gasteiger partial charge is 0.180 e. The second kappa shape index (κ2) is 4.31. The van der Waals surface area contributed by atoms with E-state index >= 15 is 0 Å². The zero-order chi connectivity index (χ0) is 9.68. The summed E-state index contributed by atoms with van der Waals surface area (Å²) in [6.07, 6.45) is 4.76. The number of aromatic amines is 1. The van der Waals surface area contributed by atoms with Gasteiger partial charge in [-0.15, -0.1) is 0 Å². The van der Waals surface area contributed by atoms with Crippen LogP contribution < -0.4 is 11.5 Å². The zero-order valence-electron chi connectivity index (χ0n) is 6.64. The van der Waals surface area contributed by atoms with Crippen molar-refractivity contribution in [3.8, 4) is 0 Å². The van der Waals surface area contributed by atoms with Gasteiger partial charge in [-0.3, -0.25) is 0 Å². The van der Waals surface area contributed by atoms with E-state index in [1.165, 1.54) is 6.33 Å². The summed E-state index contributed by atoms with van der Waals surface area (Å²) in [5, 5.41) is 0.000000000000000222.